The van der Waals surface area contributed by atoms with Gasteiger partial charge in [-0.25, -0.2) is 4.39 Å². The van der Waals surface area contributed by atoms with Crippen LogP contribution in [0, 0.1) is 5.82 Å². The summed E-state index contributed by atoms with van der Waals surface area (Å²) in [4.78, 5) is 4.31. The van der Waals surface area contributed by atoms with Crippen LogP contribution >= 0.6 is 11.6 Å². The summed E-state index contributed by atoms with van der Waals surface area (Å²) in [7, 11) is 0. The van der Waals surface area contributed by atoms with Gasteiger partial charge in [0.15, 0.2) is 5.84 Å². The fourth-order valence-corrected chi connectivity index (χ4v) is 2.68. The largest absolute Gasteiger partial charge is 0.409 e. The van der Waals surface area contributed by atoms with Crippen LogP contribution in [-0.2, 0) is 6.54 Å². The lowest BCUT2D eigenvalue weighted by Gasteiger charge is -2.37. The highest BCUT2D eigenvalue weighted by atomic mass is 35.5. The van der Waals surface area contributed by atoms with Crippen LogP contribution in [0.15, 0.2) is 23.4 Å². The van der Waals surface area contributed by atoms with Crippen molar-refractivity contribution in [2.24, 2.45) is 10.9 Å². The van der Waals surface area contributed by atoms with Crippen LogP contribution in [0.25, 0.3) is 0 Å². The van der Waals surface area contributed by atoms with Crippen molar-refractivity contribution in [1.29, 1.82) is 0 Å². The maximum Gasteiger partial charge on any atom is 0.156 e. The molecule has 0 radical (unpaired) electrons. The van der Waals surface area contributed by atoms with Crippen LogP contribution in [-0.4, -0.2) is 53.1 Å². The molecule has 1 saturated heterocycles. The van der Waals surface area contributed by atoms with Gasteiger partial charge in [-0.1, -0.05) is 28.9 Å². The normalized spacial score (nSPS) is 19.7. The minimum absolute atomic E-state index is 0.0972. The van der Waals surface area contributed by atoms with Gasteiger partial charge in [-0.05, 0) is 13.0 Å². The molecule has 0 spiro atoms. The Balaban J connectivity index is 1.91. The van der Waals surface area contributed by atoms with Gasteiger partial charge < -0.3 is 10.9 Å². The van der Waals surface area contributed by atoms with Crippen LogP contribution < -0.4 is 5.73 Å². The minimum atomic E-state index is -0.341. The zero-order valence-electron chi connectivity index (χ0n) is 12.0. The van der Waals surface area contributed by atoms with E-state index >= 15 is 0 Å². The maximum atomic E-state index is 13.9. The molecule has 3 N–H and O–H groups in total. The molecule has 1 aliphatic heterocycles. The molecule has 1 heterocycles. The first-order valence-electron chi connectivity index (χ1n) is 6.89. The smallest absolute Gasteiger partial charge is 0.156 e. The summed E-state index contributed by atoms with van der Waals surface area (Å²) in [5.41, 5.74) is 6.23. The topological polar surface area (TPSA) is 65.1 Å². The van der Waals surface area contributed by atoms with E-state index in [1.165, 1.54) is 0 Å². The Labute approximate surface area is 128 Å². The quantitative estimate of drug-likeness (QED) is 0.384. The summed E-state index contributed by atoms with van der Waals surface area (Å²) in [6.07, 6.45) is 0. The van der Waals surface area contributed by atoms with Gasteiger partial charge in [-0.2, -0.15) is 0 Å². The second-order valence-electron chi connectivity index (χ2n) is 5.23. The van der Waals surface area contributed by atoms with Crippen LogP contribution in [0.5, 0.6) is 0 Å². The number of nitrogens with zero attached hydrogens (tertiary/aromatic N) is 3. The summed E-state index contributed by atoms with van der Waals surface area (Å²) >= 11 is 5.79. The number of hydrogen-bond acceptors (Lipinski definition) is 4. The number of oxime groups is 1. The van der Waals surface area contributed by atoms with E-state index in [1.807, 2.05) is 6.92 Å². The second kappa shape index (κ2) is 7.06. The molecule has 0 bridgehead atoms. The van der Waals surface area contributed by atoms with Gasteiger partial charge in [0.2, 0.25) is 0 Å². The SMILES string of the molecule is CC(/C(N)=N/O)N1CCN(Cc2cccc(Cl)c2F)CC1. The third-order valence-electron chi connectivity index (χ3n) is 3.92. The van der Waals surface area contributed by atoms with Crippen molar-refractivity contribution in [3.8, 4) is 0 Å². The highest BCUT2D eigenvalue weighted by Gasteiger charge is 2.24. The maximum absolute atomic E-state index is 13.9. The summed E-state index contributed by atoms with van der Waals surface area (Å²) in [6.45, 7) is 5.63. The Morgan fingerprint density at radius 2 is 2.10 bits per heavy atom. The lowest BCUT2D eigenvalue weighted by atomic mass is 10.1. The van der Waals surface area contributed by atoms with Gasteiger partial charge in [0.05, 0.1) is 11.1 Å². The first-order valence-corrected chi connectivity index (χ1v) is 7.27. The van der Waals surface area contributed by atoms with E-state index in [9.17, 15) is 4.39 Å². The van der Waals surface area contributed by atoms with Crippen molar-refractivity contribution in [2.75, 3.05) is 26.2 Å². The Morgan fingerprint density at radius 1 is 1.43 bits per heavy atom. The number of hydrogen-bond donors (Lipinski definition) is 2. The van der Waals surface area contributed by atoms with Crippen LogP contribution in [0.2, 0.25) is 5.02 Å². The summed E-state index contributed by atoms with van der Waals surface area (Å²) in [6, 6.07) is 4.97. The molecular weight excluding hydrogens is 295 g/mol. The van der Waals surface area contributed by atoms with E-state index in [4.69, 9.17) is 22.5 Å². The molecule has 1 fully saturated rings. The molecule has 1 atom stereocenters. The van der Waals surface area contributed by atoms with Crippen molar-refractivity contribution in [1.82, 2.24) is 9.80 Å². The standard InChI is InChI=1S/C14H20ClFN4O/c1-10(14(17)18-21)20-7-5-19(6-8-20)9-11-3-2-4-12(15)13(11)16/h2-4,10,21H,5-9H2,1H3,(H2,17,18). The average Bonchev–Trinajstić information content (AvgIpc) is 2.51. The zero-order valence-corrected chi connectivity index (χ0v) is 12.7. The van der Waals surface area contributed by atoms with E-state index < -0.39 is 0 Å². The Kier molecular flexibility index (Phi) is 5.39. The molecule has 1 aliphatic rings. The van der Waals surface area contributed by atoms with E-state index in [-0.39, 0.29) is 22.7 Å². The van der Waals surface area contributed by atoms with E-state index in [0.717, 1.165) is 26.2 Å². The Bertz CT molecular complexity index is 518. The second-order valence-corrected chi connectivity index (χ2v) is 5.63. The first-order chi connectivity index (χ1) is 10.0. The predicted octanol–water partition coefficient (Wildman–Crippen LogP) is 1.73. The molecule has 21 heavy (non-hydrogen) atoms. The Hall–Kier alpha value is -1.37. The van der Waals surface area contributed by atoms with Gasteiger partial charge in [0, 0.05) is 38.3 Å². The number of amidine groups is 1. The molecule has 0 saturated carbocycles. The summed E-state index contributed by atoms with van der Waals surface area (Å²) < 4.78 is 13.9. The van der Waals surface area contributed by atoms with Crippen molar-refractivity contribution >= 4 is 17.4 Å². The van der Waals surface area contributed by atoms with Crippen molar-refractivity contribution < 1.29 is 9.60 Å². The Morgan fingerprint density at radius 3 is 2.71 bits per heavy atom. The number of nitrogens with two attached hydrogens (primary N) is 1. The van der Waals surface area contributed by atoms with Gasteiger partial charge in [0.25, 0.3) is 0 Å². The molecule has 0 amide bonds. The van der Waals surface area contributed by atoms with Gasteiger partial charge in [-0.3, -0.25) is 9.80 Å². The number of halogens is 2. The summed E-state index contributed by atoms with van der Waals surface area (Å²) in [5.74, 6) is -0.129. The number of rotatable bonds is 4. The fourth-order valence-electron chi connectivity index (χ4n) is 2.49. The van der Waals surface area contributed by atoms with E-state index in [0.29, 0.717) is 12.1 Å². The number of benzene rings is 1. The van der Waals surface area contributed by atoms with E-state index in [2.05, 4.69) is 15.0 Å². The van der Waals surface area contributed by atoms with E-state index in [1.54, 1.807) is 18.2 Å². The first kappa shape index (κ1) is 16.0. The number of piperazine rings is 1. The fraction of sp³-hybridized carbons (Fsp3) is 0.500. The molecule has 1 aromatic carbocycles. The van der Waals surface area contributed by atoms with Crippen molar-refractivity contribution in [3.05, 3.63) is 34.6 Å². The van der Waals surface area contributed by atoms with Crippen molar-refractivity contribution in [3.63, 3.8) is 0 Å². The minimum Gasteiger partial charge on any atom is -0.409 e. The molecule has 5 nitrogen and oxygen atoms in total. The third-order valence-corrected chi connectivity index (χ3v) is 4.22. The zero-order chi connectivity index (χ0) is 15.4. The molecule has 1 aromatic rings. The molecule has 116 valence electrons. The molecule has 0 aliphatic carbocycles. The van der Waals surface area contributed by atoms with Gasteiger partial charge in [0.1, 0.15) is 5.82 Å². The highest BCUT2D eigenvalue weighted by Crippen LogP contribution is 2.20. The van der Waals surface area contributed by atoms with Crippen molar-refractivity contribution in [2.45, 2.75) is 19.5 Å². The summed E-state index contributed by atoms with van der Waals surface area (Å²) in [5, 5.41) is 11.9. The molecular formula is C14H20ClFN4O. The van der Waals surface area contributed by atoms with Crippen LogP contribution in [0.4, 0.5) is 4.39 Å². The van der Waals surface area contributed by atoms with Crippen LogP contribution in [0.3, 0.4) is 0 Å². The highest BCUT2D eigenvalue weighted by molar-refractivity contribution is 6.30. The molecule has 0 aromatic heterocycles. The lowest BCUT2D eigenvalue weighted by molar-refractivity contribution is 0.115. The predicted molar refractivity (Wildman–Crippen MR) is 81.1 cm³/mol. The third kappa shape index (κ3) is 3.84. The average molecular weight is 315 g/mol. The molecule has 7 heteroatoms. The molecule has 1 unspecified atom stereocenters. The van der Waals surface area contributed by atoms with Gasteiger partial charge in [-0.15, -0.1) is 0 Å². The monoisotopic (exact) mass is 314 g/mol. The lowest BCUT2D eigenvalue weighted by Crippen LogP contribution is -2.52. The van der Waals surface area contributed by atoms with Crippen LogP contribution in [0.1, 0.15) is 12.5 Å². The molecule has 2 rings (SSSR count). The van der Waals surface area contributed by atoms with Gasteiger partial charge >= 0.3 is 0 Å².